The van der Waals surface area contributed by atoms with Crippen LogP contribution in [0.15, 0.2) is 73.2 Å². The van der Waals surface area contributed by atoms with Gasteiger partial charge in [0.1, 0.15) is 0 Å². The monoisotopic (exact) mass is 479 g/mol. The Morgan fingerprint density at radius 3 is 2.66 bits per heavy atom. The molecule has 180 valence electrons. The number of piperidine rings is 1. The van der Waals surface area contributed by atoms with Gasteiger partial charge in [0.2, 0.25) is 0 Å². The van der Waals surface area contributed by atoms with Gasteiger partial charge < -0.3 is 4.90 Å². The smallest absolute Gasteiger partial charge is 0.330 e. The van der Waals surface area contributed by atoms with Gasteiger partial charge in [-0.05, 0) is 60.7 Å². The van der Waals surface area contributed by atoms with Crippen LogP contribution in [0, 0.1) is 0 Å². The lowest BCUT2D eigenvalue weighted by Crippen LogP contribution is -2.39. The largest absolute Gasteiger partial charge is 0.416 e. The zero-order valence-electron chi connectivity index (χ0n) is 18.9. The van der Waals surface area contributed by atoms with Gasteiger partial charge in [0, 0.05) is 30.1 Å². The normalized spacial score (nSPS) is 16.4. The van der Waals surface area contributed by atoms with Crippen molar-refractivity contribution >= 4 is 5.91 Å². The number of carbonyl (C=O) groups is 1. The summed E-state index contributed by atoms with van der Waals surface area (Å²) in [6.07, 6.45) is 3.38. The molecule has 4 aromatic rings. The van der Waals surface area contributed by atoms with Gasteiger partial charge in [-0.1, -0.05) is 24.3 Å². The fraction of sp³-hybridized carbons (Fsp3) is 0.269. The Labute approximate surface area is 200 Å². The van der Waals surface area contributed by atoms with Crippen molar-refractivity contribution in [1.29, 1.82) is 0 Å². The number of likely N-dealkylation sites (tertiary alicyclic amines) is 1. The van der Waals surface area contributed by atoms with E-state index in [9.17, 15) is 18.0 Å². The topological polar surface area (TPSA) is 66.8 Å². The maximum Gasteiger partial charge on any atom is 0.416 e. The van der Waals surface area contributed by atoms with Crippen molar-refractivity contribution in [2.24, 2.45) is 0 Å². The van der Waals surface area contributed by atoms with Crippen LogP contribution in [-0.4, -0.2) is 37.3 Å². The molecular weight excluding hydrogens is 455 g/mol. The number of hydrogen-bond donors (Lipinski definition) is 1. The van der Waals surface area contributed by atoms with Crippen molar-refractivity contribution in [2.45, 2.75) is 38.0 Å². The molecule has 5 rings (SSSR count). The molecule has 0 radical (unpaired) electrons. The minimum absolute atomic E-state index is 0.0787. The minimum atomic E-state index is -4.39. The summed E-state index contributed by atoms with van der Waals surface area (Å²) in [5.41, 5.74) is 2.94. The Morgan fingerprint density at radius 2 is 1.91 bits per heavy atom. The van der Waals surface area contributed by atoms with Crippen LogP contribution in [0.4, 0.5) is 13.2 Å². The summed E-state index contributed by atoms with van der Waals surface area (Å²) in [7, 11) is 0. The molecule has 1 aliphatic heterocycles. The van der Waals surface area contributed by atoms with Crippen molar-refractivity contribution in [3.63, 3.8) is 0 Å². The summed E-state index contributed by atoms with van der Waals surface area (Å²) < 4.78 is 40.8. The van der Waals surface area contributed by atoms with E-state index in [-0.39, 0.29) is 11.9 Å². The van der Waals surface area contributed by atoms with Gasteiger partial charge in [-0.15, -0.1) is 0 Å². The molecule has 0 spiro atoms. The zero-order valence-corrected chi connectivity index (χ0v) is 18.9. The molecule has 0 saturated carbocycles. The molecule has 9 heteroatoms. The Hall–Kier alpha value is -3.88. The fourth-order valence-corrected chi connectivity index (χ4v) is 4.64. The lowest BCUT2D eigenvalue weighted by molar-refractivity contribution is -0.137. The highest BCUT2D eigenvalue weighted by atomic mass is 19.4. The average Bonchev–Trinajstić information content (AvgIpc) is 3.56. The van der Waals surface area contributed by atoms with Crippen molar-refractivity contribution in [2.75, 3.05) is 6.54 Å². The number of carbonyl (C=O) groups excluding carboxylic acids is 1. The second-order valence-corrected chi connectivity index (χ2v) is 8.69. The molecule has 1 atom stereocenters. The Morgan fingerprint density at radius 1 is 1.09 bits per heavy atom. The molecule has 1 saturated heterocycles. The van der Waals surface area contributed by atoms with E-state index in [1.54, 1.807) is 17.1 Å². The molecular formula is C26H24F3N5O. The molecule has 2 aromatic carbocycles. The molecule has 1 amide bonds. The molecule has 1 unspecified atom stereocenters. The van der Waals surface area contributed by atoms with Crippen LogP contribution in [0.3, 0.4) is 0 Å². The SMILES string of the molecule is O=C(c1cccc(Cn2cccn2)c1)N1CCCCC1c1[nH]ncc1-c1ccc(C(F)(F)F)cc1. The quantitative estimate of drug-likeness (QED) is 0.399. The maximum absolute atomic E-state index is 13.6. The second-order valence-electron chi connectivity index (χ2n) is 8.69. The first kappa shape index (κ1) is 22.9. The van der Waals surface area contributed by atoms with Crippen molar-refractivity contribution in [3.8, 4) is 11.1 Å². The van der Waals surface area contributed by atoms with E-state index in [2.05, 4.69) is 15.3 Å². The van der Waals surface area contributed by atoms with E-state index in [4.69, 9.17) is 0 Å². The Bertz CT molecular complexity index is 1300. The third-order valence-electron chi connectivity index (χ3n) is 6.37. The number of halogens is 3. The Kier molecular flexibility index (Phi) is 6.15. The summed E-state index contributed by atoms with van der Waals surface area (Å²) in [5.74, 6) is -0.0787. The van der Waals surface area contributed by atoms with E-state index in [1.165, 1.54) is 12.1 Å². The van der Waals surface area contributed by atoms with Gasteiger partial charge in [0.15, 0.2) is 0 Å². The number of alkyl halides is 3. The van der Waals surface area contributed by atoms with Crippen molar-refractivity contribution in [3.05, 3.63) is 95.6 Å². The number of nitrogens with zero attached hydrogens (tertiary/aromatic N) is 4. The summed E-state index contributed by atoms with van der Waals surface area (Å²) in [4.78, 5) is 15.5. The fourth-order valence-electron chi connectivity index (χ4n) is 4.64. The zero-order chi connectivity index (χ0) is 24.4. The lowest BCUT2D eigenvalue weighted by atomic mass is 9.93. The van der Waals surface area contributed by atoms with E-state index >= 15 is 0 Å². The second kappa shape index (κ2) is 9.40. The minimum Gasteiger partial charge on any atom is -0.330 e. The highest BCUT2D eigenvalue weighted by molar-refractivity contribution is 5.95. The van der Waals surface area contributed by atoms with Gasteiger partial charge >= 0.3 is 6.18 Å². The summed E-state index contributed by atoms with van der Waals surface area (Å²) in [6.45, 7) is 1.16. The first-order chi connectivity index (χ1) is 16.9. The standard InChI is InChI=1S/C26H24F3N5O/c27-26(28,29)21-10-8-19(9-11-21)22-16-30-32-24(22)23-7-1-2-14-34(23)25(35)20-6-3-5-18(15-20)17-33-13-4-12-31-33/h3-6,8-13,15-16,23H,1-2,7,14,17H2,(H,30,32). The van der Waals surface area contributed by atoms with Crippen LogP contribution in [-0.2, 0) is 12.7 Å². The third-order valence-corrected chi connectivity index (χ3v) is 6.37. The predicted molar refractivity (Wildman–Crippen MR) is 124 cm³/mol. The molecule has 2 aromatic heterocycles. The number of benzene rings is 2. The van der Waals surface area contributed by atoms with E-state index in [0.717, 1.165) is 42.7 Å². The number of rotatable bonds is 5. The highest BCUT2D eigenvalue weighted by Gasteiger charge is 2.33. The highest BCUT2D eigenvalue weighted by Crippen LogP contribution is 2.37. The maximum atomic E-state index is 13.6. The van der Waals surface area contributed by atoms with E-state index in [0.29, 0.717) is 29.8 Å². The van der Waals surface area contributed by atoms with Crippen LogP contribution in [0.2, 0.25) is 0 Å². The van der Waals surface area contributed by atoms with Crippen LogP contribution in [0.1, 0.15) is 52.5 Å². The van der Waals surface area contributed by atoms with E-state index < -0.39 is 11.7 Å². The molecule has 0 bridgehead atoms. The number of aromatic amines is 1. The van der Waals surface area contributed by atoms with Crippen LogP contribution in [0.25, 0.3) is 11.1 Å². The Balaban J connectivity index is 1.41. The lowest BCUT2D eigenvalue weighted by Gasteiger charge is -2.36. The number of nitrogens with one attached hydrogen (secondary N) is 1. The molecule has 1 fully saturated rings. The summed E-state index contributed by atoms with van der Waals surface area (Å²) in [5, 5.41) is 11.4. The first-order valence-corrected chi connectivity index (χ1v) is 11.5. The molecule has 0 aliphatic carbocycles. The van der Waals surface area contributed by atoms with Crippen LogP contribution >= 0.6 is 0 Å². The van der Waals surface area contributed by atoms with Gasteiger partial charge in [0.05, 0.1) is 30.0 Å². The predicted octanol–water partition coefficient (Wildman–Crippen LogP) is 5.71. The van der Waals surface area contributed by atoms with Crippen molar-refractivity contribution < 1.29 is 18.0 Å². The number of aromatic nitrogens is 4. The molecule has 1 aliphatic rings. The van der Waals surface area contributed by atoms with Crippen LogP contribution < -0.4 is 0 Å². The summed E-state index contributed by atoms with van der Waals surface area (Å²) >= 11 is 0. The number of amides is 1. The van der Waals surface area contributed by atoms with Crippen LogP contribution in [0.5, 0.6) is 0 Å². The molecule has 35 heavy (non-hydrogen) atoms. The van der Waals surface area contributed by atoms with Gasteiger partial charge in [-0.2, -0.15) is 23.4 Å². The average molecular weight is 480 g/mol. The van der Waals surface area contributed by atoms with Gasteiger partial charge in [-0.25, -0.2) is 0 Å². The van der Waals surface area contributed by atoms with Crippen molar-refractivity contribution in [1.82, 2.24) is 24.9 Å². The third kappa shape index (κ3) is 4.84. The van der Waals surface area contributed by atoms with E-state index in [1.807, 2.05) is 41.4 Å². The number of hydrogen-bond acceptors (Lipinski definition) is 3. The molecule has 3 heterocycles. The molecule has 6 nitrogen and oxygen atoms in total. The van der Waals surface area contributed by atoms with Gasteiger partial charge in [-0.3, -0.25) is 14.6 Å². The van der Waals surface area contributed by atoms with Gasteiger partial charge in [0.25, 0.3) is 5.91 Å². The first-order valence-electron chi connectivity index (χ1n) is 11.5. The molecule has 1 N–H and O–H groups in total. The number of H-pyrrole nitrogens is 1. The summed E-state index contributed by atoms with van der Waals surface area (Å²) in [6, 6.07) is 14.2.